The van der Waals surface area contributed by atoms with E-state index >= 15 is 0 Å². The van der Waals surface area contributed by atoms with Crippen LogP contribution in [0.5, 0.6) is 11.5 Å². The number of benzene rings is 2. The van der Waals surface area contributed by atoms with Crippen molar-refractivity contribution < 1.29 is 13.9 Å². The predicted octanol–water partition coefficient (Wildman–Crippen LogP) is 5.05. The van der Waals surface area contributed by atoms with Crippen molar-refractivity contribution in [2.45, 2.75) is 6.92 Å². The summed E-state index contributed by atoms with van der Waals surface area (Å²) in [7, 11) is 0. The molecule has 150 valence electrons. The highest BCUT2D eigenvalue weighted by atomic mass is 32.1. The molecule has 0 unspecified atom stereocenters. The topological polar surface area (TPSA) is 61.2 Å². The fourth-order valence-corrected chi connectivity index (χ4v) is 3.94. The van der Waals surface area contributed by atoms with Gasteiger partial charge in [0.1, 0.15) is 11.3 Å². The summed E-state index contributed by atoms with van der Waals surface area (Å²) in [5.41, 5.74) is 3.57. The molecular weight excluding hydrogens is 398 g/mol. The van der Waals surface area contributed by atoms with Crippen molar-refractivity contribution in [3.05, 3.63) is 76.4 Å². The minimum absolute atomic E-state index is 0.245. The minimum Gasteiger partial charge on any atom is -0.454 e. The van der Waals surface area contributed by atoms with E-state index in [2.05, 4.69) is 11.6 Å². The first-order valence-electron chi connectivity index (χ1n) is 9.46. The van der Waals surface area contributed by atoms with Crippen LogP contribution in [0.2, 0.25) is 0 Å². The number of ether oxygens (including phenoxy) is 2. The Hall–Kier alpha value is -3.58. The van der Waals surface area contributed by atoms with Gasteiger partial charge in [-0.05, 0) is 42.8 Å². The van der Waals surface area contributed by atoms with Crippen LogP contribution in [-0.4, -0.2) is 24.2 Å². The SMILES string of the molecule is C=C(C)CN=c1scc(-c2cc3ccccc3o2)n1N=Cc1ccc2c(c1)OCO2. The lowest BCUT2D eigenvalue weighted by Gasteiger charge is -2.01. The van der Waals surface area contributed by atoms with Crippen molar-refractivity contribution in [3.63, 3.8) is 0 Å². The van der Waals surface area contributed by atoms with E-state index in [1.807, 2.05) is 60.8 Å². The van der Waals surface area contributed by atoms with Gasteiger partial charge in [0, 0.05) is 10.8 Å². The lowest BCUT2D eigenvalue weighted by molar-refractivity contribution is 0.174. The predicted molar refractivity (Wildman–Crippen MR) is 118 cm³/mol. The van der Waals surface area contributed by atoms with E-state index in [1.54, 1.807) is 10.9 Å². The number of hydrogen-bond acceptors (Lipinski definition) is 6. The molecule has 0 fully saturated rings. The van der Waals surface area contributed by atoms with Gasteiger partial charge in [0.15, 0.2) is 17.3 Å². The zero-order valence-electron chi connectivity index (χ0n) is 16.4. The van der Waals surface area contributed by atoms with Crippen molar-refractivity contribution in [1.29, 1.82) is 0 Å². The van der Waals surface area contributed by atoms with E-state index in [4.69, 9.17) is 19.0 Å². The Balaban J connectivity index is 1.58. The number of furan rings is 1. The van der Waals surface area contributed by atoms with Crippen molar-refractivity contribution >= 4 is 28.5 Å². The molecule has 0 saturated carbocycles. The van der Waals surface area contributed by atoms with Crippen LogP contribution in [0.1, 0.15) is 12.5 Å². The van der Waals surface area contributed by atoms with Gasteiger partial charge in [-0.1, -0.05) is 30.4 Å². The summed E-state index contributed by atoms with van der Waals surface area (Å²) in [5, 5.41) is 7.76. The molecule has 0 N–H and O–H groups in total. The van der Waals surface area contributed by atoms with Gasteiger partial charge in [-0.3, -0.25) is 4.99 Å². The van der Waals surface area contributed by atoms with Gasteiger partial charge in [0.25, 0.3) is 0 Å². The van der Waals surface area contributed by atoms with E-state index in [0.29, 0.717) is 6.54 Å². The Morgan fingerprint density at radius 3 is 2.90 bits per heavy atom. The van der Waals surface area contributed by atoms with Crippen LogP contribution in [0.25, 0.3) is 22.4 Å². The standard InChI is InChI=1S/C23H19N3O3S/c1-15(2)11-24-23-26(25-12-16-7-8-20-22(9-16)28-14-27-20)18(13-30-23)21-10-17-5-3-4-6-19(17)29-21/h3-10,12-13H,1,11,14H2,2H3. The fraction of sp³-hybridized carbons (Fsp3) is 0.130. The first-order chi connectivity index (χ1) is 14.7. The van der Waals surface area contributed by atoms with Crippen LogP contribution in [-0.2, 0) is 0 Å². The Bertz CT molecular complexity index is 1310. The second kappa shape index (κ2) is 7.68. The summed E-state index contributed by atoms with van der Waals surface area (Å²) in [4.78, 5) is 5.43. The van der Waals surface area contributed by atoms with Crippen molar-refractivity contribution in [3.8, 4) is 23.0 Å². The van der Waals surface area contributed by atoms with Gasteiger partial charge in [0.2, 0.25) is 11.6 Å². The fourth-order valence-electron chi connectivity index (χ4n) is 3.12. The summed E-state index contributed by atoms with van der Waals surface area (Å²) in [6.45, 7) is 6.68. The lowest BCUT2D eigenvalue weighted by atomic mass is 10.2. The van der Waals surface area contributed by atoms with E-state index in [-0.39, 0.29) is 6.79 Å². The van der Waals surface area contributed by atoms with Gasteiger partial charge < -0.3 is 13.9 Å². The summed E-state index contributed by atoms with van der Waals surface area (Å²) in [6, 6.07) is 15.7. The van der Waals surface area contributed by atoms with Gasteiger partial charge in [-0.15, -0.1) is 11.3 Å². The van der Waals surface area contributed by atoms with Crippen LogP contribution >= 0.6 is 11.3 Å². The molecule has 0 atom stereocenters. The second-order valence-electron chi connectivity index (χ2n) is 6.99. The monoisotopic (exact) mass is 417 g/mol. The summed E-state index contributed by atoms with van der Waals surface area (Å²) in [6.07, 6.45) is 1.78. The summed E-state index contributed by atoms with van der Waals surface area (Å²) in [5.74, 6) is 2.21. The number of thiazole rings is 1. The zero-order valence-corrected chi connectivity index (χ0v) is 17.2. The molecule has 2 aromatic heterocycles. The van der Waals surface area contributed by atoms with Crippen LogP contribution in [0, 0.1) is 0 Å². The first-order valence-corrected chi connectivity index (χ1v) is 10.3. The largest absolute Gasteiger partial charge is 0.454 e. The molecule has 1 aliphatic rings. The molecule has 3 heterocycles. The number of nitrogens with zero attached hydrogens (tertiary/aromatic N) is 3. The van der Waals surface area contributed by atoms with Crippen molar-refractivity contribution in [2.75, 3.05) is 13.3 Å². The molecule has 0 radical (unpaired) electrons. The lowest BCUT2D eigenvalue weighted by Crippen LogP contribution is -2.12. The maximum Gasteiger partial charge on any atom is 0.231 e. The molecule has 0 aliphatic carbocycles. The average molecular weight is 417 g/mol. The highest BCUT2D eigenvalue weighted by molar-refractivity contribution is 7.07. The van der Waals surface area contributed by atoms with Crippen LogP contribution in [0.15, 0.2) is 80.6 Å². The Labute approximate surface area is 177 Å². The van der Waals surface area contributed by atoms with Crippen molar-refractivity contribution in [2.24, 2.45) is 10.1 Å². The second-order valence-corrected chi connectivity index (χ2v) is 7.83. The maximum absolute atomic E-state index is 6.06. The number of rotatable bonds is 5. The van der Waals surface area contributed by atoms with Crippen molar-refractivity contribution in [1.82, 2.24) is 4.68 Å². The number of para-hydroxylation sites is 1. The third-order valence-electron chi connectivity index (χ3n) is 4.57. The van der Waals surface area contributed by atoms with Crippen LogP contribution < -0.4 is 14.3 Å². The molecular formula is C23H19N3O3S. The normalized spacial score (nSPS) is 13.6. The number of fused-ring (bicyclic) bond motifs is 2. The molecule has 0 saturated heterocycles. The van der Waals surface area contributed by atoms with E-state index in [1.165, 1.54) is 11.3 Å². The molecule has 0 bridgehead atoms. The highest BCUT2D eigenvalue weighted by Gasteiger charge is 2.14. The van der Waals surface area contributed by atoms with Gasteiger partial charge in [-0.2, -0.15) is 5.10 Å². The van der Waals surface area contributed by atoms with Gasteiger partial charge in [-0.25, -0.2) is 4.68 Å². The third kappa shape index (κ3) is 3.55. The summed E-state index contributed by atoms with van der Waals surface area (Å²) >= 11 is 1.51. The first kappa shape index (κ1) is 18.4. The highest BCUT2D eigenvalue weighted by Crippen LogP contribution is 2.32. The molecule has 30 heavy (non-hydrogen) atoms. The Kier molecular flexibility index (Phi) is 4.72. The molecule has 0 amide bonds. The van der Waals surface area contributed by atoms with Crippen LogP contribution in [0.3, 0.4) is 0 Å². The number of hydrogen-bond donors (Lipinski definition) is 0. The molecule has 0 spiro atoms. The van der Waals surface area contributed by atoms with Crippen LogP contribution in [0.4, 0.5) is 0 Å². The van der Waals surface area contributed by atoms with E-state index < -0.39 is 0 Å². The molecule has 6 nitrogen and oxygen atoms in total. The quantitative estimate of drug-likeness (QED) is 0.337. The third-order valence-corrected chi connectivity index (χ3v) is 5.42. The van der Waals surface area contributed by atoms with E-state index in [9.17, 15) is 0 Å². The summed E-state index contributed by atoms with van der Waals surface area (Å²) < 4.78 is 18.7. The molecule has 5 rings (SSSR count). The average Bonchev–Trinajstić information content (AvgIpc) is 3.47. The maximum atomic E-state index is 6.06. The molecule has 7 heteroatoms. The Morgan fingerprint density at radius 1 is 1.17 bits per heavy atom. The Morgan fingerprint density at radius 2 is 2.03 bits per heavy atom. The zero-order chi connectivity index (χ0) is 20.5. The smallest absolute Gasteiger partial charge is 0.231 e. The van der Waals surface area contributed by atoms with Gasteiger partial charge in [0.05, 0.1) is 12.8 Å². The minimum atomic E-state index is 0.245. The number of aromatic nitrogens is 1. The van der Waals surface area contributed by atoms with Gasteiger partial charge >= 0.3 is 0 Å². The van der Waals surface area contributed by atoms with E-state index in [0.717, 1.165) is 49.9 Å². The molecule has 4 aromatic rings. The molecule has 1 aliphatic heterocycles. The molecule has 2 aromatic carbocycles.